The van der Waals surface area contributed by atoms with Crippen molar-refractivity contribution in [2.24, 2.45) is 0 Å². The van der Waals surface area contributed by atoms with Gasteiger partial charge in [0.05, 0.1) is 6.04 Å². The Morgan fingerprint density at radius 3 is 2.82 bits per heavy atom. The molecule has 4 rings (SSSR count). The van der Waals surface area contributed by atoms with E-state index in [4.69, 9.17) is 4.98 Å². The number of hydrogen-bond donors (Lipinski definition) is 0. The van der Waals surface area contributed by atoms with E-state index in [1.54, 1.807) is 0 Å². The maximum atomic E-state index is 4.93. The Balaban J connectivity index is 1.94. The Hall–Kier alpha value is -2.20. The smallest absolute Gasteiger partial charge is 0.164 e. The first kappa shape index (κ1) is 13.5. The maximum absolute atomic E-state index is 4.93. The SMILES string of the molecule is CCN1CCCC1c1nc2cccnc2n1-c1ccccc1. The average Bonchev–Trinajstić information content (AvgIpc) is 3.19. The van der Waals surface area contributed by atoms with Crippen molar-refractivity contribution in [1.29, 1.82) is 0 Å². The third-order valence-corrected chi connectivity index (χ3v) is 4.52. The molecule has 1 aliphatic rings. The fraction of sp³-hybridized carbons (Fsp3) is 0.333. The molecule has 0 aliphatic carbocycles. The van der Waals surface area contributed by atoms with E-state index >= 15 is 0 Å². The van der Waals surface area contributed by atoms with Crippen molar-refractivity contribution < 1.29 is 0 Å². The highest BCUT2D eigenvalue weighted by Gasteiger charge is 2.30. The summed E-state index contributed by atoms with van der Waals surface area (Å²) in [5.41, 5.74) is 3.07. The summed E-state index contributed by atoms with van der Waals surface area (Å²) in [4.78, 5) is 12.0. The van der Waals surface area contributed by atoms with Crippen molar-refractivity contribution in [2.75, 3.05) is 13.1 Å². The molecule has 1 aliphatic heterocycles. The maximum Gasteiger partial charge on any atom is 0.164 e. The molecule has 1 atom stereocenters. The number of aromatic nitrogens is 3. The van der Waals surface area contributed by atoms with Crippen LogP contribution in [0.5, 0.6) is 0 Å². The van der Waals surface area contributed by atoms with E-state index < -0.39 is 0 Å². The van der Waals surface area contributed by atoms with E-state index in [0.29, 0.717) is 6.04 Å². The number of fused-ring (bicyclic) bond motifs is 1. The largest absolute Gasteiger partial charge is 0.294 e. The molecule has 1 aromatic carbocycles. The third kappa shape index (κ3) is 2.11. The van der Waals surface area contributed by atoms with Crippen molar-refractivity contribution in [1.82, 2.24) is 19.4 Å². The molecular weight excluding hydrogens is 272 g/mol. The fourth-order valence-electron chi connectivity index (χ4n) is 3.48. The number of rotatable bonds is 3. The van der Waals surface area contributed by atoms with Crippen LogP contribution in [-0.2, 0) is 0 Å². The zero-order valence-electron chi connectivity index (χ0n) is 12.8. The zero-order valence-corrected chi connectivity index (χ0v) is 12.8. The number of imidazole rings is 1. The van der Waals surface area contributed by atoms with Gasteiger partial charge in [0.15, 0.2) is 5.65 Å². The monoisotopic (exact) mass is 292 g/mol. The fourth-order valence-corrected chi connectivity index (χ4v) is 3.48. The number of para-hydroxylation sites is 1. The Bertz CT molecular complexity index is 778. The minimum Gasteiger partial charge on any atom is -0.294 e. The zero-order chi connectivity index (χ0) is 14.9. The lowest BCUT2D eigenvalue weighted by molar-refractivity contribution is 0.261. The Kier molecular flexibility index (Phi) is 3.39. The Morgan fingerprint density at radius 1 is 1.14 bits per heavy atom. The molecule has 0 bridgehead atoms. The van der Waals surface area contributed by atoms with Gasteiger partial charge in [-0.15, -0.1) is 0 Å². The summed E-state index contributed by atoms with van der Waals surface area (Å²) in [6.45, 7) is 4.45. The Morgan fingerprint density at radius 2 is 2.00 bits per heavy atom. The average molecular weight is 292 g/mol. The summed E-state index contributed by atoms with van der Waals surface area (Å²) in [6, 6.07) is 14.8. The molecule has 4 heteroatoms. The van der Waals surface area contributed by atoms with Gasteiger partial charge in [-0.05, 0) is 50.2 Å². The van der Waals surface area contributed by atoms with Gasteiger partial charge in [0.1, 0.15) is 11.3 Å². The number of pyridine rings is 1. The molecule has 1 fully saturated rings. The molecule has 0 saturated carbocycles. The van der Waals surface area contributed by atoms with Crippen LogP contribution in [0.1, 0.15) is 31.6 Å². The summed E-state index contributed by atoms with van der Waals surface area (Å²) in [7, 11) is 0. The van der Waals surface area contributed by atoms with Gasteiger partial charge in [-0.2, -0.15) is 0 Å². The number of benzene rings is 1. The molecule has 1 unspecified atom stereocenters. The highest BCUT2D eigenvalue weighted by Crippen LogP contribution is 2.34. The van der Waals surface area contributed by atoms with Crippen LogP contribution < -0.4 is 0 Å². The van der Waals surface area contributed by atoms with Gasteiger partial charge in [-0.1, -0.05) is 25.1 Å². The topological polar surface area (TPSA) is 34.0 Å². The normalized spacial score (nSPS) is 19.0. The van der Waals surface area contributed by atoms with E-state index in [2.05, 4.69) is 51.7 Å². The minimum absolute atomic E-state index is 0.388. The quantitative estimate of drug-likeness (QED) is 0.740. The first-order chi connectivity index (χ1) is 10.9. The van der Waals surface area contributed by atoms with E-state index in [9.17, 15) is 0 Å². The second kappa shape index (κ2) is 5.54. The molecule has 0 radical (unpaired) electrons. The summed E-state index contributed by atoms with van der Waals surface area (Å²) >= 11 is 0. The van der Waals surface area contributed by atoms with Crippen LogP contribution in [0.15, 0.2) is 48.7 Å². The van der Waals surface area contributed by atoms with Gasteiger partial charge in [0, 0.05) is 11.9 Å². The van der Waals surface area contributed by atoms with Crippen LogP contribution in [0.4, 0.5) is 0 Å². The molecule has 112 valence electrons. The molecule has 22 heavy (non-hydrogen) atoms. The van der Waals surface area contributed by atoms with E-state index in [1.165, 1.54) is 12.8 Å². The molecule has 0 spiro atoms. The molecular formula is C18H20N4. The van der Waals surface area contributed by atoms with E-state index in [1.807, 2.05) is 18.3 Å². The predicted molar refractivity (Wildman–Crippen MR) is 88.1 cm³/mol. The summed E-state index contributed by atoms with van der Waals surface area (Å²) < 4.78 is 2.23. The third-order valence-electron chi connectivity index (χ3n) is 4.52. The van der Waals surface area contributed by atoms with Gasteiger partial charge in [-0.3, -0.25) is 9.47 Å². The summed E-state index contributed by atoms with van der Waals surface area (Å²) in [6.07, 6.45) is 4.26. The molecule has 3 heterocycles. The number of nitrogens with zero attached hydrogens (tertiary/aromatic N) is 4. The van der Waals surface area contributed by atoms with E-state index in [0.717, 1.165) is 35.8 Å². The minimum atomic E-state index is 0.388. The highest BCUT2D eigenvalue weighted by molar-refractivity contribution is 5.74. The van der Waals surface area contributed by atoms with Crippen molar-refractivity contribution in [3.05, 3.63) is 54.5 Å². The second-order valence-corrected chi connectivity index (χ2v) is 5.77. The summed E-state index contributed by atoms with van der Waals surface area (Å²) in [5.74, 6) is 1.12. The highest BCUT2D eigenvalue weighted by atomic mass is 15.2. The molecule has 0 amide bonds. The second-order valence-electron chi connectivity index (χ2n) is 5.77. The summed E-state index contributed by atoms with van der Waals surface area (Å²) in [5, 5.41) is 0. The van der Waals surface area contributed by atoms with E-state index in [-0.39, 0.29) is 0 Å². The lowest BCUT2D eigenvalue weighted by Crippen LogP contribution is -2.25. The van der Waals surface area contributed by atoms with Crippen LogP contribution in [0.25, 0.3) is 16.9 Å². The van der Waals surface area contributed by atoms with Crippen molar-refractivity contribution in [2.45, 2.75) is 25.8 Å². The number of likely N-dealkylation sites (tertiary alicyclic amines) is 1. The first-order valence-corrected chi connectivity index (χ1v) is 8.01. The van der Waals surface area contributed by atoms with Crippen LogP contribution in [0.3, 0.4) is 0 Å². The lowest BCUT2D eigenvalue weighted by atomic mass is 10.2. The molecule has 0 N–H and O–H groups in total. The molecule has 4 nitrogen and oxygen atoms in total. The first-order valence-electron chi connectivity index (χ1n) is 8.01. The van der Waals surface area contributed by atoms with Gasteiger partial charge < -0.3 is 0 Å². The van der Waals surface area contributed by atoms with Crippen LogP contribution in [0, 0.1) is 0 Å². The van der Waals surface area contributed by atoms with Crippen LogP contribution in [0.2, 0.25) is 0 Å². The van der Waals surface area contributed by atoms with Crippen molar-refractivity contribution in [3.8, 4) is 5.69 Å². The van der Waals surface area contributed by atoms with Crippen LogP contribution in [-0.4, -0.2) is 32.5 Å². The lowest BCUT2D eigenvalue weighted by Gasteiger charge is -2.23. The van der Waals surface area contributed by atoms with Gasteiger partial charge in [0.2, 0.25) is 0 Å². The Labute approximate surface area is 130 Å². The number of hydrogen-bond acceptors (Lipinski definition) is 3. The van der Waals surface area contributed by atoms with Crippen molar-refractivity contribution in [3.63, 3.8) is 0 Å². The van der Waals surface area contributed by atoms with Gasteiger partial charge >= 0.3 is 0 Å². The molecule has 1 saturated heterocycles. The van der Waals surface area contributed by atoms with Gasteiger partial charge in [0.25, 0.3) is 0 Å². The van der Waals surface area contributed by atoms with Crippen molar-refractivity contribution >= 4 is 11.2 Å². The molecule has 3 aromatic rings. The standard InChI is InChI=1S/C18H20N4/c1-2-21-13-7-11-16(21)18-20-15-10-6-12-19-17(15)22(18)14-8-4-3-5-9-14/h3-6,8-10,12,16H,2,7,11,13H2,1H3. The van der Waals surface area contributed by atoms with Crippen LogP contribution >= 0.6 is 0 Å². The molecule has 2 aromatic heterocycles. The predicted octanol–water partition coefficient (Wildman–Crippen LogP) is 3.58. The van der Waals surface area contributed by atoms with Gasteiger partial charge in [-0.25, -0.2) is 9.97 Å².